The number of halogens is 3. The van der Waals surface area contributed by atoms with Crippen LogP contribution in [0.15, 0.2) is 18.2 Å². The summed E-state index contributed by atoms with van der Waals surface area (Å²) in [6, 6.07) is 4.02. The minimum Gasteiger partial charge on any atom is -0.373 e. The molecule has 0 radical (unpaired) electrons. The van der Waals surface area contributed by atoms with Crippen LogP contribution in [0.1, 0.15) is 17.3 Å². The van der Waals surface area contributed by atoms with E-state index < -0.39 is 5.82 Å². The minimum absolute atomic E-state index is 0.00775. The van der Waals surface area contributed by atoms with Gasteiger partial charge in [0.05, 0.1) is 23.8 Å². The van der Waals surface area contributed by atoms with Crippen LogP contribution in [-0.4, -0.2) is 41.4 Å². The first-order valence-electron chi connectivity index (χ1n) is 5.96. The molecule has 104 valence electrons. The van der Waals surface area contributed by atoms with E-state index in [-0.39, 0.29) is 23.1 Å². The van der Waals surface area contributed by atoms with Crippen LogP contribution in [0.25, 0.3) is 0 Å². The van der Waals surface area contributed by atoms with Crippen molar-refractivity contribution in [3.63, 3.8) is 0 Å². The van der Waals surface area contributed by atoms with E-state index in [1.807, 2.05) is 6.92 Å². The molecule has 1 saturated heterocycles. The number of nitrogens with zero attached hydrogens (tertiary/aromatic N) is 1. The summed E-state index contributed by atoms with van der Waals surface area (Å²) in [7, 11) is 0. The monoisotopic (exact) mass is 349 g/mol. The summed E-state index contributed by atoms with van der Waals surface area (Å²) in [4.78, 5) is 14.1. The van der Waals surface area contributed by atoms with Crippen molar-refractivity contribution in [1.29, 1.82) is 0 Å². The average Bonchev–Trinajstić information content (AvgIpc) is 2.41. The van der Waals surface area contributed by atoms with Gasteiger partial charge in [-0.3, -0.25) is 4.79 Å². The van der Waals surface area contributed by atoms with Gasteiger partial charge in [0.15, 0.2) is 0 Å². The maximum Gasteiger partial charge on any atom is 0.254 e. The molecule has 3 nitrogen and oxygen atoms in total. The number of hydrogen-bond acceptors (Lipinski definition) is 2. The highest BCUT2D eigenvalue weighted by molar-refractivity contribution is 9.09. The van der Waals surface area contributed by atoms with E-state index in [2.05, 4.69) is 15.9 Å². The van der Waals surface area contributed by atoms with Gasteiger partial charge < -0.3 is 9.64 Å². The zero-order valence-corrected chi connectivity index (χ0v) is 12.7. The van der Waals surface area contributed by atoms with E-state index in [1.54, 1.807) is 4.90 Å². The maximum absolute atomic E-state index is 13.1. The van der Waals surface area contributed by atoms with Crippen LogP contribution in [-0.2, 0) is 4.74 Å². The van der Waals surface area contributed by atoms with E-state index in [9.17, 15) is 9.18 Å². The van der Waals surface area contributed by atoms with Crippen LogP contribution in [0.5, 0.6) is 0 Å². The van der Waals surface area contributed by atoms with Crippen molar-refractivity contribution >= 4 is 33.4 Å². The Bertz CT molecular complexity index is 486. The van der Waals surface area contributed by atoms with Gasteiger partial charge in [0.2, 0.25) is 0 Å². The van der Waals surface area contributed by atoms with Crippen LogP contribution in [0.4, 0.5) is 4.39 Å². The molecule has 2 unspecified atom stereocenters. The first-order chi connectivity index (χ1) is 9.02. The molecule has 1 aromatic rings. The normalized spacial score (nSPS) is 23.5. The number of ether oxygens (including phenoxy) is 1. The van der Waals surface area contributed by atoms with E-state index in [0.29, 0.717) is 24.0 Å². The molecule has 0 spiro atoms. The summed E-state index contributed by atoms with van der Waals surface area (Å²) in [6.45, 7) is 2.94. The Kier molecular flexibility index (Phi) is 4.81. The molecule has 0 saturated carbocycles. The minimum atomic E-state index is -0.522. The van der Waals surface area contributed by atoms with E-state index in [4.69, 9.17) is 16.3 Å². The Morgan fingerprint density at radius 3 is 3.00 bits per heavy atom. The summed E-state index contributed by atoms with van der Waals surface area (Å²) in [5, 5.41) is 0.636. The second-order valence-electron chi connectivity index (χ2n) is 4.55. The topological polar surface area (TPSA) is 29.5 Å². The number of amides is 1. The van der Waals surface area contributed by atoms with E-state index in [1.165, 1.54) is 18.2 Å². The number of carbonyl (C=O) groups is 1. The van der Waals surface area contributed by atoms with Crippen molar-refractivity contribution in [3.8, 4) is 0 Å². The highest BCUT2D eigenvalue weighted by Gasteiger charge is 2.29. The zero-order chi connectivity index (χ0) is 14.0. The zero-order valence-electron chi connectivity index (χ0n) is 10.4. The highest BCUT2D eigenvalue weighted by atomic mass is 79.9. The summed E-state index contributed by atoms with van der Waals surface area (Å²) < 4.78 is 18.7. The third-order valence-corrected chi connectivity index (χ3v) is 4.12. The quantitative estimate of drug-likeness (QED) is 0.767. The second kappa shape index (κ2) is 6.20. The lowest BCUT2D eigenvalue weighted by Crippen LogP contribution is -2.51. The SMILES string of the molecule is CC1COC(CBr)CN1C(=O)c1ccc(F)c(Cl)c1. The van der Waals surface area contributed by atoms with Crippen LogP contribution in [0.2, 0.25) is 5.02 Å². The number of hydrogen-bond donors (Lipinski definition) is 0. The Morgan fingerprint density at radius 2 is 2.37 bits per heavy atom. The number of alkyl halides is 1. The lowest BCUT2D eigenvalue weighted by atomic mass is 10.1. The first kappa shape index (κ1) is 14.8. The summed E-state index contributed by atoms with van der Waals surface area (Å²) >= 11 is 9.06. The molecule has 1 heterocycles. The molecule has 6 heteroatoms. The summed E-state index contributed by atoms with van der Waals surface area (Å²) in [6.07, 6.45) is -0.0175. The summed E-state index contributed by atoms with van der Waals surface area (Å²) in [5.41, 5.74) is 0.397. The molecule has 2 rings (SSSR count). The standard InChI is InChI=1S/C13H14BrClFNO2/c1-8-7-19-10(5-14)6-17(8)13(18)9-2-3-12(16)11(15)4-9/h2-4,8,10H,5-7H2,1H3. The van der Waals surface area contributed by atoms with Gasteiger partial charge in [-0.05, 0) is 25.1 Å². The van der Waals surface area contributed by atoms with Crippen molar-refractivity contribution in [2.24, 2.45) is 0 Å². The molecule has 0 bridgehead atoms. The largest absolute Gasteiger partial charge is 0.373 e. The lowest BCUT2D eigenvalue weighted by Gasteiger charge is -2.37. The first-order valence-corrected chi connectivity index (χ1v) is 7.46. The Labute approximate surface area is 124 Å². The van der Waals surface area contributed by atoms with Gasteiger partial charge in [0.25, 0.3) is 5.91 Å². The Hall–Kier alpha value is -0.650. The van der Waals surface area contributed by atoms with E-state index in [0.717, 1.165) is 0 Å². The van der Waals surface area contributed by atoms with Gasteiger partial charge in [0, 0.05) is 17.4 Å². The molecule has 0 N–H and O–H groups in total. The van der Waals surface area contributed by atoms with Gasteiger partial charge >= 0.3 is 0 Å². The van der Waals surface area contributed by atoms with Gasteiger partial charge in [-0.25, -0.2) is 4.39 Å². The third-order valence-electron chi connectivity index (χ3n) is 3.11. The predicted molar refractivity (Wildman–Crippen MR) is 75.4 cm³/mol. The predicted octanol–water partition coefficient (Wildman–Crippen LogP) is 3.10. The Morgan fingerprint density at radius 1 is 1.63 bits per heavy atom. The van der Waals surface area contributed by atoms with E-state index >= 15 is 0 Å². The highest BCUT2D eigenvalue weighted by Crippen LogP contribution is 2.20. The fourth-order valence-corrected chi connectivity index (χ4v) is 2.56. The van der Waals surface area contributed by atoms with Gasteiger partial charge in [-0.15, -0.1) is 0 Å². The van der Waals surface area contributed by atoms with Crippen molar-refractivity contribution in [2.75, 3.05) is 18.5 Å². The third kappa shape index (κ3) is 3.27. The molecule has 1 fully saturated rings. The number of rotatable bonds is 2. The smallest absolute Gasteiger partial charge is 0.254 e. The molecular weight excluding hydrogens is 337 g/mol. The van der Waals surface area contributed by atoms with Crippen LogP contribution >= 0.6 is 27.5 Å². The number of morpholine rings is 1. The molecule has 2 atom stereocenters. The molecule has 1 aromatic carbocycles. The summed E-state index contributed by atoms with van der Waals surface area (Å²) in [5.74, 6) is -0.671. The molecule has 1 aliphatic heterocycles. The van der Waals surface area contributed by atoms with Crippen molar-refractivity contribution in [1.82, 2.24) is 4.90 Å². The molecule has 0 aromatic heterocycles. The number of benzene rings is 1. The molecule has 1 aliphatic rings. The fourth-order valence-electron chi connectivity index (χ4n) is 1.99. The number of carbonyl (C=O) groups excluding carboxylic acids is 1. The Balaban J connectivity index is 2.19. The van der Waals surface area contributed by atoms with Crippen LogP contribution in [0.3, 0.4) is 0 Å². The maximum atomic E-state index is 13.1. The lowest BCUT2D eigenvalue weighted by molar-refractivity contribution is -0.0361. The van der Waals surface area contributed by atoms with Crippen molar-refractivity contribution in [2.45, 2.75) is 19.1 Å². The molecular formula is C13H14BrClFNO2. The fraction of sp³-hybridized carbons (Fsp3) is 0.462. The van der Waals surface area contributed by atoms with Crippen LogP contribution in [0, 0.1) is 5.82 Å². The van der Waals surface area contributed by atoms with Gasteiger partial charge in [0.1, 0.15) is 5.82 Å². The average molecular weight is 351 g/mol. The van der Waals surface area contributed by atoms with Crippen molar-refractivity contribution < 1.29 is 13.9 Å². The molecule has 0 aliphatic carbocycles. The van der Waals surface area contributed by atoms with Crippen molar-refractivity contribution in [3.05, 3.63) is 34.6 Å². The molecule has 19 heavy (non-hydrogen) atoms. The second-order valence-corrected chi connectivity index (χ2v) is 5.60. The van der Waals surface area contributed by atoms with Gasteiger partial charge in [-0.1, -0.05) is 27.5 Å². The van der Waals surface area contributed by atoms with Gasteiger partial charge in [-0.2, -0.15) is 0 Å². The molecule has 1 amide bonds. The van der Waals surface area contributed by atoms with Crippen LogP contribution < -0.4 is 0 Å².